The van der Waals surface area contributed by atoms with Crippen molar-refractivity contribution in [3.05, 3.63) is 63.4 Å². The molecule has 2 atom stereocenters. The van der Waals surface area contributed by atoms with Crippen molar-refractivity contribution in [2.45, 2.75) is 50.0 Å². The summed E-state index contributed by atoms with van der Waals surface area (Å²) in [5.74, 6) is -0.704. The Morgan fingerprint density at radius 1 is 1.30 bits per heavy atom. The number of rotatable bonds is 3. The zero-order chi connectivity index (χ0) is 21.2. The minimum atomic E-state index is -1.84. The lowest BCUT2D eigenvalue weighted by atomic mass is 9.86. The van der Waals surface area contributed by atoms with Crippen LogP contribution >= 0.6 is 11.8 Å². The van der Waals surface area contributed by atoms with Crippen LogP contribution in [0.15, 0.2) is 41.2 Å². The van der Waals surface area contributed by atoms with Gasteiger partial charge in [-0.05, 0) is 24.6 Å². The molecule has 0 fully saturated rings. The molecule has 154 valence electrons. The molecule has 0 radical (unpaired) electrons. The van der Waals surface area contributed by atoms with Crippen LogP contribution in [-0.2, 0) is 21.7 Å². The van der Waals surface area contributed by atoms with Crippen LogP contribution in [0.1, 0.15) is 49.3 Å². The summed E-state index contributed by atoms with van der Waals surface area (Å²) in [6.07, 6.45) is 0.124. The summed E-state index contributed by atoms with van der Waals surface area (Å²) in [4.78, 5) is 31.1. The number of nitrogens with zero attached hydrogens (tertiary/aromatic N) is 2. The highest BCUT2D eigenvalue weighted by Crippen LogP contribution is 2.46. The fourth-order valence-corrected chi connectivity index (χ4v) is 5.30. The number of aromatic nitrogens is 2. The van der Waals surface area contributed by atoms with E-state index in [9.17, 15) is 14.7 Å². The zero-order valence-electron chi connectivity index (χ0n) is 17.0. The second kappa shape index (κ2) is 6.68. The van der Waals surface area contributed by atoms with Gasteiger partial charge in [-0.3, -0.25) is 4.79 Å². The number of para-hydroxylation sites is 1. The molecular weight excluding hydrogens is 400 g/mol. The van der Waals surface area contributed by atoms with Gasteiger partial charge in [0.25, 0.3) is 5.56 Å². The summed E-state index contributed by atoms with van der Waals surface area (Å²) in [5, 5.41) is 12.3. The number of carbonyl (C=O) groups is 1. The van der Waals surface area contributed by atoms with Crippen LogP contribution in [0.4, 0.5) is 0 Å². The van der Waals surface area contributed by atoms with E-state index in [1.54, 1.807) is 17.6 Å². The van der Waals surface area contributed by atoms with Crippen LogP contribution in [0, 0.1) is 0 Å². The number of hydrogen-bond donors (Lipinski definition) is 1. The van der Waals surface area contributed by atoms with Crippen LogP contribution in [0.25, 0.3) is 22.3 Å². The molecule has 0 amide bonds. The molecule has 7 heteroatoms. The van der Waals surface area contributed by atoms with E-state index >= 15 is 0 Å². The first-order valence-corrected chi connectivity index (χ1v) is 11.0. The molecule has 0 saturated heterocycles. The van der Waals surface area contributed by atoms with Crippen molar-refractivity contribution in [2.24, 2.45) is 0 Å². The normalized spacial score (nSPS) is 22.0. The number of ether oxygens (including phenoxy) is 1. The maximum atomic E-state index is 13.6. The molecule has 30 heavy (non-hydrogen) atoms. The van der Waals surface area contributed by atoms with Crippen molar-refractivity contribution in [3.8, 4) is 11.4 Å². The number of fused-ring (bicyclic) bond motifs is 5. The van der Waals surface area contributed by atoms with Gasteiger partial charge in [0, 0.05) is 21.8 Å². The summed E-state index contributed by atoms with van der Waals surface area (Å²) in [7, 11) is 0. The van der Waals surface area contributed by atoms with E-state index in [0.717, 1.165) is 22.2 Å². The number of hydrogen-bond acceptors (Lipinski definition) is 6. The van der Waals surface area contributed by atoms with Crippen molar-refractivity contribution in [1.29, 1.82) is 0 Å². The fraction of sp³-hybridized carbons (Fsp3) is 0.348. The van der Waals surface area contributed by atoms with Gasteiger partial charge in [0.05, 0.1) is 29.0 Å². The van der Waals surface area contributed by atoms with Gasteiger partial charge < -0.3 is 14.4 Å². The van der Waals surface area contributed by atoms with Crippen molar-refractivity contribution in [1.82, 2.24) is 9.55 Å². The standard InChI is InChI=1S/C23H22N2O4S/c1-4-23(28)15-10-17-19-14(9-13-7-5-6-8-16(13)24-19)11-25(17)20(26)18(15)21(29-22(23)27)30-12(2)3/h5-10,12,21,28H,4,11H2,1-3H3/t21?,23-/m0/s1. The highest BCUT2D eigenvalue weighted by Gasteiger charge is 2.49. The van der Waals surface area contributed by atoms with Crippen LogP contribution in [0.5, 0.6) is 0 Å². The molecule has 3 aromatic rings. The first-order chi connectivity index (χ1) is 14.3. The highest BCUT2D eigenvalue weighted by atomic mass is 32.2. The van der Waals surface area contributed by atoms with Gasteiger partial charge in [0.1, 0.15) is 0 Å². The van der Waals surface area contributed by atoms with Crippen molar-refractivity contribution >= 4 is 28.6 Å². The van der Waals surface area contributed by atoms with Crippen LogP contribution in [-0.4, -0.2) is 25.9 Å². The number of esters is 1. The average Bonchev–Trinajstić information content (AvgIpc) is 3.07. The van der Waals surface area contributed by atoms with Gasteiger partial charge in [-0.1, -0.05) is 39.0 Å². The average molecular weight is 423 g/mol. The van der Waals surface area contributed by atoms with Crippen molar-refractivity contribution in [2.75, 3.05) is 0 Å². The molecular formula is C23H22N2O4S. The molecule has 0 aliphatic carbocycles. The lowest BCUT2D eigenvalue weighted by Crippen LogP contribution is -2.45. The van der Waals surface area contributed by atoms with Gasteiger partial charge in [0.2, 0.25) is 0 Å². The molecule has 6 nitrogen and oxygen atoms in total. The molecule has 5 rings (SSSR count). The van der Waals surface area contributed by atoms with E-state index in [-0.39, 0.29) is 17.2 Å². The summed E-state index contributed by atoms with van der Waals surface area (Å²) in [6, 6.07) is 11.6. The fourth-order valence-electron chi connectivity index (χ4n) is 4.30. The minimum Gasteiger partial charge on any atom is -0.444 e. The van der Waals surface area contributed by atoms with Gasteiger partial charge in [0.15, 0.2) is 11.0 Å². The zero-order valence-corrected chi connectivity index (χ0v) is 17.8. The molecule has 1 unspecified atom stereocenters. The maximum absolute atomic E-state index is 13.6. The first-order valence-electron chi connectivity index (χ1n) is 10.1. The second-order valence-electron chi connectivity index (χ2n) is 8.07. The number of aliphatic hydroxyl groups is 1. The van der Waals surface area contributed by atoms with E-state index in [4.69, 9.17) is 9.72 Å². The van der Waals surface area contributed by atoms with E-state index in [2.05, 4.69) is 6.07 Å². The third-order valence-corrected chi connectivity index (χ3v) is 6.98. The van der Waals surface area contributed by atoms with Crippen molar-refractivity contribution < 1.29 is 14.6 Å². The maximum Gasteiger partial charge on any atom is 0.344 e. The Hall–Kier alpha value is -2.64. The SMILES string of the molecule is CC[C@@]1(O)C(=O)OC(SC(C)C)c2c1cc1n(c2=O)Cc2cc3ccccc3nc2-1. The number of cyclic esters (lactones) is 1. The van der Waals surface area contributed by atoms with Crippen LogP contribution in [0.2, 0.25) is 0 Å². The second-order valence-corrected chi connectivity index (χ2v) is 9.72. The number of carbonyl (C=O) groups excluding carboxylic acids is 1. The van der Waals surface area contributed by atoms with Gasteiger partial charge in [-0.2, -0.15) is 0 Å². The van der Waals surface area contributed by atoms with Gasteiger partial charge in [-0.15, -0.1) is 11.8 Å². The number of benzene rings is 1. The lowest BCUT2D eigenvalue weighted by Gasteiger charge is -2.36. The van der Waals surface area contributed by atoms with E-state index in [1.165, 1.54) is 11.8 Å². The van der Waals surface area contributed by atoms with Gasteiger partial charge >= 0.3 is 5.97 Å². The Bertz CT molecular complexity index is 1270. The van der Waals surface area contributed by atoms with Crippen molar-refractivity contribution in [3.63, 3.8) is 0 Å². The third-order valence-electron chi connectivity index (χ3n) is 5.85. The molecule has 1 aromatic carbocycles. The lowest BCUT2D eigenvalue weighted by molar-refractivity contribution is -0.172. The summed E-state index contributed by atoms with van der Waals surface area (Å²) >= 11 is 1.40. The molecule has 2 aliphatic rings. The Kier molecular flexibility index (Phi) is 4.31. The molecule has 2 aliphatic heterocycles. The van der Waals surface area contributed by atoms with E-state index < -0.39 is 17.0 Å². The van der Waals surface area contributed by atoms with Gasteiger partial charge in [-0.25, -0.2) is 9.78 Å². The largest absolute Gasteiger partial charge is 0.444 e. The quantitative estimate of drug-likeness (QED) is 0.507. The first kappa shape index (κ1) is 19.3. The Morgan fingerprint density at radius 3 is 2.80 bits per heavy atom. The van der Waals surface area contributed by atoms with E-state index in [0.29, 0.717) is 23.4 Å². The Morgan fingerprint density at radius 2 is 2.07 bits per heavy atom. The predicted molar refractivity (Wildman–Crippen MR) is 116 cm³/mol. The summed E-state index contributed by atoms with van der Waals surface area (Å²) in [6.45, 7) is 6.09. The topological polar surface area (TPSA) is 81.4 Å². The third kappa shape index (κ3) is 2.65. The molecule has 0 bridgehead atoms. The number of thioether (sulfide) groups is 1. The van der Waals surface area contributed by atoms with E-state index in [1.807, 2.05) is 38.1 Å². The van der Waals surface area contributed by atoms with Crippen LogP contribution < -0.4 is 5.56 Å². The molecule has 0 saturated carbocycles. The minimum absolute atomic E-state index is 0.124. The number of pyridine rings is 2. The molecule has 4 heterocycles. The monoisotopic (exact) mass is 422 g/mol. The van der Waals surface area contributed by atoms with Crippen LogP contribution in [0.3, 0.4) is 0 Å². The summed E-state index contributed by atoms with van der Waals surface area (Å²) < 4.78 is 7.24. The molecule has 0 spiro atoms. The molecule has 2 aromatic heterocycles. The smallest absolute Gasteiger partial charge is 0.344 e. The molecule has 1 N–H and O–H groups in total. The summed E-state index contributed by atoms with van der Waals surface area (Å²) in [5.41, 5.74) is 1.05. The Labute approximate surface area is 177 Å². The highest BCUT2D eigenvalue weighted by molar-refractivity contribution is 7.99. The predicted octanol–water partition coefficient (Wildman–Crippen LogP) is 3.72. The Balaban J connectivity index is 1.78.